The number of aromatic nitrogens is 1. The fourth-order valence-electron chi connectivity index (χ4n) is 1.46. The van der Waals surface area contributed by atoms with Crippen molar-refractivity contribution in [3.8, 4) is 5.75 Å². The van der Waals surface area contributed by atoms with Crippen molar-refractivity contribution in [2.75, 3.05) is 7.11 Å². The first-order valence-corrected chi connectivity index (χ1v) is 5.49. The zero-order chi connectivity index (χ0) is 13.7. The summed E-state index contributed by atoms with van der Waals surface area (Å²) < 4.78 is 5.00. The second-order valence-corrected chi connectivity index (χ2v) is 4.11. The molecule has 1 amide bonds. The number of rotatable bonds is 5. The lowest BCUT2D eigenvalue weighted by molar-refractivity contribution is -0.140. The summed E-state index contributed by atoms with van der Waals surface area (Å²) in [7, 11) is 1.42. The predicted octanol–water partition coefficient (Wildman–Crippen LogP) is 0.929. The number of methoxy groups -OCH3 is 1. The Bertz CT molecular complexity index is 445. The van der Waals surface area contributed by atoms with E-state index in [4.69, 9.17) is 9.84 Å². The number of nitrogens with zero attached hydrogens (tertiary/aromatic N) is 1. The molecule has 0 bridgehead atoms. The van der Waals surface area contributed by atoms with E-state index < -0.39 is 17.9 Å². The van der Waals surface area contributed by atoms with Gasteiger partial charge in [0.25, 0.3) is 5.91 Å². The molecule has 18 heavy (non-hydrogen) atoms. The quantitative estimate of drug-likeness (QED) is 0.813. The maximum absolute atomic E-state index is 12.0. The third-order valence-corrected chi connectivity index (χ3v) is 2.47. The third-order valence-electron chi connectivity index (χ3n) is 2.47. The molecule has 1 aromatic heterocycles. The number of amides is 1. The Labute approximate surface area is 105 Å². The number of aliphatic carboxylic acids is 1. The maximum Gasteiger partial charge on any atom is 0.326 e. The van der Waals surface area contributed by atoms with Crippen LogP contribution in [0, 0.1) is 5.92 Å². The zero-order valence-electron chi connectivity index (χ0n) is 10.5. The number of ether oxygens (including phenoxy) is 1. The van der Waals surface area contributed by atoms with E-state index in [2.05, 4.69) is 10.3 Å². The van der Waals surface area contributed by atoms with Crippen molar-refractivity contribution >= 4 is 11.9 Å². The summed E-state index contributed by atoms with van der Waals surface area (Å²) in [5.74, 6) is -1.45. The fraction of sp³-hybridized carbons (Fsp3) is 0.417. The summed E-state index contributed by atoms with van der Waals surface area (Å²) in [4.78, 5) is 26.8. The molecule has 0 fully saturated rings. The topological polar surface area (TPSA) is 88.5 Å². The van der Waals surface area contributed by atoms with Crippen LogP contribution in [0.25, 0.3) is 0 Å². The Morgan fingerprint density at radius 3 is 2.61 bits per heavy atom. The largest absolute Gasteiger partial charge is 0.494 e. The Morgan fingerprint density at radius 1 is 1.44 bits per heavy atom. The van der Waals surface area contributed by atoms with Crippen LogP contribution in [0.5, 0.6) is 5.75 Å². The molecule has 1 aromatic rings. The standard InChI is InChI=1S/C12H16N2O4/c1-7(2)10(12(16)17)14-11(15)8-4-5-13-6-9(8)18-3/h4-7,10H,1-3H3,(H,14,15)(H,16,17). The molecular formula is C12H16N2O4. The van der Waals surface area contributed by atoms with Crippen molar-refractivity contribution in [1.82, 2.24) is 10.3 Å². The monoisotopic (exact) mass is 252 g/mol. The van der Waals surface area contributed by atoms with Crippen molar-refractivity contribution in [3.63, 3.8) is 0 Å². The summed E-state index contributed by atoms with van der Waals surface area (Å²) >= 11 is 0. The van der Waals surface area contributed by atoms with Gasteiger partial charge in [0.2, 0.25) is 0 Å². The average molecular weight is 252 g/mol. The average Bonchev–Trinajstić information content (AvgIpc) is 2.34. The number of carboxylic acid groups (broad SMARTS) is 1. The van der Waals surface area contributed by atoms with Crippen molar-refractivity contribution in [3.05, 3.63) is 24.0 Å². The van der Waals surface area contributed by atoms with Gasteiger partial charge in [0.05, 0.1) is 18.9 Å². The lowest BCUT2D eigenvalue weighted by Crippen LogP contribution is -2.44. The van der Waals surface area contributed by atoms with Crippen LogP contribution in [-0.4, -0.2) is 35.1 Å². The van der Waals surface area contributed by atoms with Crippen LogP contribution in [-0.2, 0) is 4.79 Å². The number of carbonyl (C=O) groups excluding carboxylic acids is 1. The van der Waals surface area contributed by atoms with Crippen molar-refractivity contribution in [2.24, 2.45) is 5.92 Å². The molecular weight excluding hydrogens is 236 g/mol. The Kier molecular flexibility index (Phi) is 4.65. The molecule has 6 nitrogen and oxygen atoms in total. The summed E-state index contributed by atoms with van der Waals surface area (Å²) in [5, 5.41) is 11.5. The van der Waals surface area contributed by atoms with E-state index in [9.17, 15) is 9.59 Å². The van der Waals surface area contributed by atoms with Gasteiger partial charge in [-0.15, -0.1) is 0 Å². The molecule has 0 aliphatic rings. The molecule has 6 heteroatoms. The summed E-state index contributed by atoms with van der Waals surface area (Å²) in [6, 6.07) is 0.545. The SMILES string of the molecule is COc1cnccc1C(=O)NC(C(=O)O)C(C)C. The van der Waals surface area contributed by atoms with Gasteiger partial charge in [0, 0.05) is 6.20 Å². The highest BCUT2D eigenvalue weighted by Gasteiger charge is 2.25. The molecule has 2 N–H and O–H groups in total. The minimum Gasteiger partial charge on any atom is -0.494 e. The van der Waals surface area contributed by atoms with E-state index in [1.54, 1.807) is 13.8 Å². The van der Waals surface area contributed by atoms with Gasteiger partial charge in [-0.25, -0.2) is 4.79 Å². The predicted molar refractivity (Wildman–Crippen MR) is 64.5 cm³/mol. The number of carboxylic acids is 1. The molecule has 0 saturated carbocycles. The van der Waals surface area contributed by atoms with Crippen LogP contribution >= 0.6 is 0 Å². The van der Waals surface area contributed by atoms with Crippen LogP contribution < -0.4 is 10.1 Å². The van der Waals surface area contributed by atoms with Crippen LogP contribution in [0.15, 0.2) is 18.5 Å². The number of carbonyl (C=O) groups is 2. The highest BCUT2D eigenvalue weighted by atomic mass is 16.5. The minimum absolute atomic E-state index is 0.209. The van der Waals surface area contributed by atoms with Gasteiger partial charge in [0.15, 0.2) is 0 Å². The number of hydrogen-bond donors (Lipinski definition) is 2. The van der Waals surface area contributed by atoms with Crippen LogP contribution in [0.2, 0.25) is 0 Å². The lowest BCUT2D eigenvalue weighted by atomic mass is 10.0. The fourth-order valence-corrected chi connectivity index (χ4v) is 1.46. The van der Waals surface area contributed by atoms with E-state index in [0.717, 1.165) is 0 Å². The summed E-state index contributed by atoms with van der Waals surface area (Å²) in [6.45, 7) is 3.45. The van der Waals surface area contributed by atoms with Gasteiger partial charge < -0.3 is 15.2 Å². The summed E-state index contributed by atoms with van der Waals surface area (Å²) in [6.07, 6.45) is 2.85. The molecule has 98 valence electrons. The first-order valence-electron chi connectivity index (χ1n) is 5.49. The van der Waals surface area contributed by atoms with Crippen LogP contribution in [0.1, 0.15) is 24.2 Å². The van der Waals surface area contributed by atoms with Gasteiger partial charge >= 0.3 is 5.97 Å². The van der Waals surface area contributed by atoms with Gasteiger partial charge in [-0.05, 0) is 12.0 Å². The molecule has 1 unspecified atom stereocenters. The van der Waals surface area contributed by atoms with E-state index in [-0.39, 0.29) is 11.5 Å². The van der Waals surface area contributed by atoms with E-state index >= 15 is 0 Å². The van der Waals surface area contributed by atoms with Gasteiger partial charge in [-0.2, -0.15) is 0 Å². The molecule has 0 radical (unpaired) electrons. The molecule has 0 aliphatic carbocycles. The number of pyridine rings is 1. The highest BCUT2D eigenvalue weighted by Crippen LogP contribution is 2.16. The first-order chi connectivity index (χ1) is 8.47. The molecule has 0 saturated heterocycles. The smallest absolute Gasteiger partial charge is 0.326 e. The molecule has 0 aliphatic heterocycles. The van der Waals surface area contributed by atoms with E-state index in [0.29, 0.717) is 5.75 Å². The van der Waals surface area contributed by atoms with Crippen LogP contribution in [0.3, 0.4) is 0 Å². The number of hydrogen-bond acceptors (Lipinski definition) is 4. The normalized spacial score (nSPS) is 12.0. The van der Waals surface area contributed by atoms with Crippen LogP contribution in [0.4, 0.5) is 0 Å². The Hall–Kier alpha value is -2.11. The molecule has 0 aromatic carbocycles. The Balaban J connectivity index is 2.90. The van der Waals surface area contributed by atoms with Gasteiger partial charge in [-0.1, -0.05) is 13.8 Å². The maximum atomic E-state index is 12.0. The molecule has 1 heterocycles. The lowest BCUT2D eigenvalue weighted by Gasteiger charge is -2.18. The minimum atomic E-state index is -1.06. The number of nitrogens with one attached hydrogen (secondary N) is 1. The van der Waals surface area contributed by atoms with Crippen molar-refractivity contribution < 1.29 is 19.4 Å². The van der Waals surface area contributed by atoms with Gasteiger partial charge in [0.1, 0.15) is 11.8 Å². The van der Waals surface area contributed by atoms with Gasteiger partial charge in [-0.3, -0.25) is 9.78 Å². The second-order valence-electron chi connectivity index (χ2n) is 4.11. The molecule has 0 spiro atoms. The van der Waals surface area contributed by atoms with E-state index in [1.807, 2.05) is 0 Å². The third kappa shape index (κ3) is 3.19. The highest BCUT2D eigenvalue weighted by molar-refractivity contribution is 5.98. The Morgan fingerprint density at radius 2 is 2.11 bits per heavy atom. The summed E-state index contributed by atoms with van der Waals surface area (Å²) in [5.41, 5.74) is 0.263. The molecule has 1 atom stereocenters. The molecule has 1 rings (SSSR count). The van der Waals surface area contributed by atoms with E-state index in [1.165, 1.54) is 25.6 Å². The first kappa shape index (κ1) is 14.0. The zero-order valence-corrected chi connectivity index (χ0v) is 10.5. The van der Waals surface area contributed by atoms with Crippen molar-refractivity contribution in [2.45, 2.75) is 19.9 Å². The second kappa shape index (κ2) is 6.00. The van der Waals surface area contributed by atoms with Crippen molar-refractivity contribution in [1.29, 1.82) is 0 Å².